The molecule has 0 bridgehead atoms. The van der Waals surface area contributed by atoms with Gasteiger partial charge in [-0.25, -0.2) is 8.42 Å². The van der Waals surface area contributed by atoms with Gasteiger partial charge in [0.25, 0.3) is 15.9 Å². The number of thiophene rings is 1. The number of phenols is 1. The van der Waals surface area contributed by atoms with Crippen LogP contribution in [-0.4, -0.2) is 54.8 Å². The Hall–Kier alpha value is -1.42. The van der Waals surface area contributed by atoms with Gasteiger partial charge in [0.05, 0.1) is 9.35 Å². The maximum absolute atomic E-state index is 12.6. The van der Waals surface area contributed by atoms with Crippen LogP contribution in [0.15, 0.2) is 38.3 Å². The topological polar surface area (TPSA) is 77.9 Å². The second-order valence-corrected chi connectivity index (χ2v) is 10.4. The lowest BCUT2D eigenvalue weighted by atomic mass is 10.1. The Kier molecular flexibility index (Phi) is 5.19. The van der Waals surface area contributed by atoms with Crippen LogP contribution in [0.1, 0.15) is 15.9 Å². The summed E-state index contributed by atoms with van der Waals surface area (Å²) in [5.41, 5.74) is 0.883. The normalized spacial score (nSPS) is 16.2. The smallest absolute Gasteiger partial charge is 0.257 e. The third-order valence-electron chi connectivity index (χ3n) is 4.14. The fourth-order valence-electron chi connectivity index (χ4n) is 2.70. The lowest BCUT2D eigenvalue weighted by Crippen LogP contribution is -2.50. The number of para-hydroxylation sites is 1. The van der Waals surface area contributed by atoms with Crippen LogP contribution in [0.25, 0.3) is 0 Å². The zero-order chi connectivity index (χ0) is 18.2. The molecule has 0 aliphatic carbocycles. The van der Waals surface area contributed by atoms with E-state index in [1.165, 1.54) is 15.6 Å². The highest BCUT2D eigenvalue weighted by molar-refractivity contribution is 9.11. The molecule has 134 valence electrons. The molecule has 1 saturated heterocycles. The Morgan fingerprint density at radius 3 is 2.44 bits per heavy atom. The molecular formula is C16H17BrN2O4S2. The van der Waals surface area contributed by atoms with E-state index in [1.54, 1.807) is 42.2 Å². The fourth-order valence-corrected chi connectivity index (χ4v) is 6.28. The number of nitrogens with zero attached hydrogens (tertiary/aromatic N) is 2. The number of halogens is 1. The lowest BCUT2D eigenvalue weighted by Gasteiger charge is -2.33. The first-order valence-corrected chi connectivity index (χ1v) is 10.7. The number of phenolic OH excluding ortho intramolecular Hbond substituents is 1. The minimum Gasteiger partial charge on any atom is -0.507 e. The third-order valence-corrected chi connectivity index (χ3v) is 8.13. The second kappa shape index (κ2) is 7.06. The molecule has 25 heavy (non-hydrogen) atoms. The van der Waals surface area contributed by atoms with Crippen LogP contribution < -0.4 is 0 Å². The quantitative estimate of drug-likeness (QED) is 0.788. The first-order chi connectivity index (χ1) is 11.8. The largest absolute Gasteiger partial charge is 0.507 e. The number of aryl methyl sites for hydroxylation is 1. The van der Waals surface area contributed by atoms with E-state index in [2.05, 4.69) is 15.9 Å². The van der Waals surface area contributed by atoms with Crippen molar-refractivity contribution in [3.8, 4) is 5.75 Å². The van der Waals surface area contributed by atoms with Crippen molar-refractivity contribution in [2.75, 3.05) is 26.2 Å². The van der Waals surface area contributed by atoms with Gasteiger partial charge in [-0.15, -0.1) is 11.3 Å². The van der Waals surface area contributed by atoms with E-state index in [0.717, 1.165) is 3.79 Å². The van der Waals surface area contributed by atoms with Crippen molar-refractivity contribution in [3.05, 3.63) is 45.2 Å². The first kappa shape index (κ1) is 18.4. The molecule has 1 aromatic carbocycles. The number of sulfonamides is 1. The summed E-state index contributed by atoms with van der Waals surface area (Å²) in [4.78, 5) is 14.2. The van der Waals surface area contributed by atoms with Crippen molar-refractivity contribution in [1.82, 2.24) is 9.21 Å². The molecule has 1 fully saturated rings. The van der Waals surface area contributed by atoms with E-state index < -0.39 is 10.0 Å². The molecule has 0 unspecified atom stereocenters. The predicted octanol–water partition coefficient (Wildman–Crippen LogP) is 2.67. The summed E-state index contributed by atoms with van der Waals surface area (Å²) >= 11 is 4.44. The van der Waals surface area contributed by atoms with Crippen LogP contribution >= 0.6 is 27.3 Å². The van der Waals surface area contributed by atoms with E-state index in [1.807, 2.05) is 0 Å². The molecule has 2 aromatic rings. The van der Waals surface area contributed by atoms with Gasteiger partial charge < -0.3 is 10.0 Å². The zero-order valence-corrected chi connectivity index (χ0v) is 16.7. The molecule has 1 amide bonds. The molecule has 0 atom stereocenters. The maximum atomic E-state index is 12.6. The standard InChI is InChI=1S/C16H17BrN2O4S2/c1-11-3-2-4-12(15(11)20)16(21)18-7-9-19(10-8-18)25(22,23)14-6-5-13(17)24-14/h2-6,20H,7-10H2,1H3. The van der Waals surface area contributed by atoms with Gasteiger partial charge in [-0.1, -0.05) is 12.1 Å². The van der Waals surface area contributed by atoms with E-state index in [9.17, 15) is 18.3 Å². The molecule has 1 aliphatic rings. The monoisotopic (exact) mass is 444 g/mol. The Morgan fingerprint density at radius 2 is 1.84 bits per heavy atom. The van der Waals surface area contributed by atoms with E-state index in [-0.39, 0.29) is 47.6 Å². The number of benzene rings is 1. The Bertz CT molecular complexity index is 903. The highest BCUT2D eigenvalue weighted by Gasteiger charge is 2.32. The van der Waals surface area contributed by atoms with Gasteiger partial charge in [-0.3, -0.25) is 4.79 Å². The Labute approximate surface area is 158 Å². The van der Waals surface area contributed by atoms with E-state index in [0.29, 0.717) is 5.56 Å². The van der Waals surface area contributed by atoms with Crippen LogP contribution in [0.4, 0.5) is 0 Å². The molecule has 0 radical (unpaired) electrons. The van der Waals surface area contributed by atoms with Crippen molar-refractivity contribution in [1.29, 1.82) is 0 Å². The van der Waals surface area contributed by atoms with Crippen molar-refractivity contribution >= 4 is 43.2 Å². The summed E-state index contributed by atoms with van der Waals surface area (Å²) in [7, 11) is -3.54. The highest BCUT2D eigenvalue weighted by Crippen LogP contribution is 2.29. The van der Waals surface area contributed by atoms with Crippen LogP contribution in [0.3, 0.4) is 0 Å². The number of carbonyl (C=O) groups excluding carboxylic acids is 1. The van der Waals surface area contributed by atoms with Crippen molar-refractivity contribution < 1.29 is 18.3 Å². The summed E-state index contributed by atoms with van der Waals surface area (Å²) in [6.45, 7) is 2.78. The lowest BCUT2D eigenvalue weighted by molar-refractivity contribution is 0.0695. The average Bonchev–Trinajstić information content (AvgIpc) is 3.04. The number of piperazine rings is 1. The molecule has 1 N–H and O–H groups in total. The minimum atomic E-state index is -3.54. The SMILES string of the molecule is Cc1cccc(C(=O)N2CCN(S(=O)(=O)c3ccc(Br)s3)CC2)c1O. The summed E-state index contributed by atoms with van der Waals surface area (Å²) in [6.07, 6.45) is 0. The highest BCUT2D eigenvalue weighted by atomic mass is 79.9. The van der Waals surface area contributed by atoms with E-state index >= 15 is 0 Å². The summed E-state index contributed by atoms with van der Waals surface area (Å²) in [5.74, 6) is -0.303. The van der Waals surface area contributed by atoms with Crippen LogP contribution in [0.2, 0.25) is 0 Å². The van der Waals surface area contributed by atoms with Gasteiger partial charge in [0.15, 0.2) is 0 Å². The maximum Gasteiger partial charge on any atom is 0.257 e. The molecule has 3 rings (SSSR count). The molecular weight excluding hydrogens is 428 g/mol. The first-order valence-electron chi connectivity index (χ1n) is 7.64. The summed E-state index contributed by atoms with van der Waals surface area (Å²) in [5, 5.41) is 10.1. The van der Waals surface area contributed by atoms with Gasteiger partial charge in [-0.2, -0.15) is 4.31 Å². The summed E-state index contributed by atoms with van der Waals surface area (Å²) in [6, 6.07) is 8.31. The van der Waals surface area contributed by atoms with Gasteiger partial charge in [0.2, 0.25) is 0 Å². The summed E-state index contributed by atoms with van der Waals surface area (Å²) < 4.78 is 27.7. The molecule has 0 spiro atoms. The Balaban J connectivity index is 1.71. The number of hydrogen-bond acceptors (Lipinski definition) is 5. The number of rotatable bonds is 3. The third kappa shape index (κ3) is 3.59. The Morgan fingerprint density at radius 1 is 1.16 bits per heavy atom. The van der Waals surface area contributed by atoms with E-state index in [4.69, 9.17) is 0 Å². The number of hydrogen-bond donors (Lipinski definition) is 1. The molecule has 0 saturated carbocycles. The van der Waals surface area contributed by atoms with Crippen molar-refractivity contribution in [3.63, 3.8) is 0 Å². The van der Waals surface area contributed by atoms with Crippen molar-refractivity contribution in [2.45, 2.75) is 11.1 Å². The fraction of sp³-hybridized carbons (Fsp3) is 0.312. The molecule has 1 aromatic heterocycles. The van der Waals surface area contributed by atoms with Crippen LogP contribution in [-0.2, 0) is 10.0 Å². The predicted molar refractivity (Wildman–Crippen MR) is 99.5 cm³/mol. The molecule has 9 heteroatoms. The van der Waals surface area contributed by atoms with Gasteiger partial charge in [0.1, 0.15) is 9.96 Å². The van der Waals surface area contributed by atoms with Gasteiger partial charge in [0, 0.05) is 26.2 Å². The number of amides is 1. The number of carbonyl (C=O) groups is 1. The molecule has 2 heterocycles. The van der Waals surface area contributed by atoms with Crippen LogP contribution in [0, 0.1) is 6.92 Å². The number of aromatic hydroxyl groups is 1. The van der Waals surface area contributed by atoms with Crippen LogP contribution in [0.5, 0.6) is 5.75 Å². The average molecular weight is 445 g/mol. The molecule has 1 aliphatic heterocycles. The van der Waals surface area contributed by atoms with Crippen molar-refractivity contribution in [2.24, 2.45) is 0 Å². The minimum absolute atomic E-state index is 0.0222. The van der Waals surface area contributed by atoms with Gasteiger partial charge in [-0.05, 0) is 46.6 Å². The zero-order valence-electron chi connectivity index (χ0n) is 13.5. The van der Waals surface area contributed by atoms with Gasteiger partial charge >= 0.3 is 0 Å². The molecule has 6 nitrogen and oxygen atoms in total. The second-order valence-electron chi connectivity index (χ2n) is 5.73.